The molecule has 1 rings (SSSR count). The Morgan fingerprint density at radius 2 is 2.00 bits per heavy atom. The molecule has 0 aromatic heterocycles. The molecule has 0 heterocycles. The maximum atomic E-state index is 5.82. The topological polar surface area (TPSA) is 38.0 Å². The van der Waals surface area contributed by atoms with E-state index in [1.54, 1.807) is 6.07 Å². The van der Waals surface area contributed by atoms with Crippen LogP contribution < -0.4 is 11.1 Å². The minimum atomic E-state index is 0.671. The van der Waals surface area contributed by atoms with Crippen LogP contribution in [0.1, 0.15) is 0 Å². The smallest absolute Gasteiger partial charge is 0.0955 e. The Hall–Kier alpha value is -0.930. The highest BCUT2D eigenvalue weighted by atomic mass is 35.5. The van der Waals surface area contributed by atoms with Crippen molar-refractivity contribution in [3.8, 4) is 0 Å². The molecule has 3 N–H and O–H groups in total. The van der Waals surface area contributed by atoms with Gasteiger partial charge >= 0.3 is 0 Å². The molecule has 15 heavy (non-hydrogen) atoms. The van der Waals surface area contributed by atoms with E-state index in [1.165, 1.54) is 0 Å². The first kappa shape index (κ1) is 12.1. The Balaban J connectivity index is 2.51. The molecule has 0 aliphatic carbocycles. The third kappa shape index (κ3) is 4.40. The van der Waals surface area contributed by atoms with Crippen molar-refractivity contribution in [1.82, 2.24) is 0 Å². The van der Waals surface area contributed by atoms with Crippen molar-refractivity contribution < 1.29 is 4.48 Å². The van der Waals surface area contributed by atoms with Crippen molar-refractivity contribution in [3.05, 3.63) is 23.2 Å². The van der Waals surface area contributed by atoms with E-state index in [1.807, 2.05) is 12.1 Å². The molecule has 0 fully saturated rings. The molecular weight excluding hydrogens is 210 g/mol. The monoisotopic (exact) mass is 228 g/mol. The van der Waals surface area contributed by atoms with Crippen LogP contribution in [0.25, 0.3) is 0 Å². The Morgan fingerprint density at radius 3 is 2.53 bits per heavy atom. The van der Waals surface area contributed by atoms with Crippen LogP contribution in [0.3, 0.4) is 0 Å². The second-order valence-electron chi connectivity index (χ2n) is 4.67. The predicted molar refractivity (Wildman–Crippen MR) is 67.3 cm³/mol. The van der Waals surface area contributed by atoms with Gasteiger partial charge in [-0.15, -0.1) is 0 Å². The van der Waals surface area contributed by atoms with Crippen LogP contribution in [0.15, 0.2) is 18.2 Å². The molecule has 0 saturated heterocycles. The summed E-state index contributed by atoms with van der Waals surface area (Å²) in [7, 11) is 6.48. The summed E-state index contributed by atoms with van der Waals surface area (Å²) in [6.07, 6.45) is 0. The van der Waals surface area contributed by atoms with E-state index in [2.05, 4.69) is 26.5 Å². The summed E-state index contributed by atoms with van der Waals surface area (Å²) >= 11 is 5.81. The molecule has 84 valence electrons. The maximum Gasteiger partial charge on any atom is 0.0955 e. The number of quaternary nitrogens is 1. The number of nitrogens with zero attached hydrogens (tertiary/aromatic N) is 1. The summed E-state index contributed by atoms with van der Waals surface area (Å²) in [5.41, 5.74) is 7.47. The SMILES string of the molecule is C[N+](C)(C)CCNc1ccc(Cl)cc1N. The van der Waals surface area contributed by atoms with Crippen molar-refractivity contribution >= 4 is 23.0 Å². The molecule has 1 aromatic rings. The molecule has 0 aliphatic heterocycles. The lowest BCUT2D eigenvalue weighted by atomic mass is 10.2. The van der Waals surface area contributed by atoms with Crippen molar-refractivity contribution in [2.45, 2.75) is 0 Å². The molecule has 0 atom stereocenters. The van der Waals surface area contributed by atoms with Crippen molar-refractivity contribution in [2.75, 3.05) is 45.3 Å². The number of hydrogen-bond donors (Lipinski definition) is 2. The Bertz CT molecular complexity index is 331. The summed E-state index contributed by atoms with van der Waals surface area (Å²) in [6.45, 7) is 1.94. The van der Waals surface area contributed by atoms with Crippen molar-refractivity contribution in [2.24, 2.45) is 0 Å². The molecule has 0 unspecified atom stereocenters. The fraction of sp³-hybridized carbons (Fsp3) is 0.455. The zero-order chi connectivity index (χ0) is 11.5. The molecule has 3 nitrogen and oxygen atoms in total. The molecule has 4 heteroatoms. The first-order chi connectivity index (χ1) is 6.88. The second-order valence-corrected chi connectivity index (χ2v) is 5.11. The number of halogens is 1. The van der Waals surface area contributed by atoms with Gasteiger partial charge in [0.25, 0.3) is 0 Å². The van der Waals surface area contributed by atoms with E-state index in [4.69, 9.17) is 17.3 Å². The summed E-state index contributed by atoms with van der Waals surface area (Å²) in [6, 6.07) is 5.51. The third-order valence-electron chi connectivity index (χ3n) is 2.11. The fourth-order valence-corrected chi connectivity index (χ4v) is 1.40. The lowest BCUT2D eigenvalue weighted by Crippen LogP contribution is -2.38. The normalized spacial score (nSPS) is 11.5. The Labute approximate surface area is 96.4 Å². The zero-order valence-corrected chi connectivity index (χ0v) is 10.3. The first-order valence-electron chi connectivity index (χ1n) is 4.98. The van der Waals surface area contributed by atoms with Crippen LogP contribution in [0, 0.1) is 0 Å². The summed E-state index contributed by atoms with van der Waals surface area (Å²) in [5.74, 6) is 0. The Kier molecular flexibility index (Phi) is 3.83. The summed E-state index contributed by atoms with van der Waals surface area (Å²) < 4.78 is 0.931. The van der Waals surface area contributed by atoms with E-state index in [-0.39, 0.29) is 0 Å². The number of nitrogens with two attached hydrogens (primary N) is 1. The van der Waals surface area contributed by atoms with Crippen molar-refractivity contribution in [3.63, 3.8) is 0 Å². The lowest BCUT2D eigenvalue weighted by Gasteiger charge is -2.24. The summed E-state index contributed by atoms with van der Waals surface area (Å²) in [5, 5.41) is 3.97. The van der Waals surface area contributed by atoms with E-state index in [9.17, 15) is 0 Å². The molecule has 0 radical (unpaired) electrons. The van der Waals surface area contributed by atoms with Crippen LogP contribution in [-0.2, 0) is 0 Å². The molecule has 0 aliphatic rings. The quantitative estimate of drug-likeness (QED) is 0.612. The number of rotatable bonds is 4. The number of anilines is 2. The molecular formula is C11H19ClN3+. The number of benzene rings is 1. The minimum absolute atomic E-state index is 0.671. The highest BCUT2D eigenvalue weighted by molar-refractivity contribution is 6.31. The number of hydrogen-bond acceptors (Lipinski definition) is 2. The molecule has 1 aromatic carbocycles. The number of nitrogen functional groups attached to an aromatic ring is 1. The lowest BCUT2D eigenvalue weighted by molar-refractivity contribution is -0.868. The highest BCUT2D eigenvalue weighted by Gasteiger charge is 2.06. The van der Waals surface area contributed by atoms with Crippen LogP contribution >= 0.6 is 11.6 Å². The van der Waals surface area contributed by atoms with Gasteiger partial charge in [0.05, 0.1) is 45.6 Å². The van der Waals surface area contributed by atoms with Crippen LogP contribution in [0.2, 0.25) is 5.02 Å². The van der Waals surface area contributed by atoms with Crippen LogP contribution in [0.5, 0.6) is 0 Å². The van der Waals surface area contributed by atoms with Gasteiger partial charge in [0.1, 0.15) is 0 Å². The van der Waals surface area contributed by atoms with Crippen LogP contribution in [0.4, 0.5) is 11.4 Å². The van der Waals surface area contributed by atoms with Gasteiger partial charge in [0.15, 0.2) is 0 Å². The van der Waals surface area contributed by atoms with Gasteiger partial charge in [0.2, 0.25) is 0 Å². The van der Waals surface area contributed by atoms with Gasteiger partial charge in [0, 0.05) is 5.02 Å². The minimum Gasteiger partial charge on any atom is -0.397 e. The maximum absolute atomic E-state index is 5.82. The van der Waals surface area contributed by atoms with E-state index in [0.29, 0.717) is 10.7 Å². The van der Waals surface area contributed by atoms with Crippen LogP contribution in [-0.4, -0.2) is 38.7 Å². The largest absolute Gasteiger partial charge is 0.397 e. The van der Waals surface area contributed by atoms with E-state index < -0.39 is 0 Å². The zero-order valence-electron chi connectivity index (χ0n) is 9.55. The van der Waals surface area contributed by atoms with Gasteiger partial charge in [-0.1, -0.05) is 11.6 Å². The molecule has 0 bridgehead atoms. The Morgan fingerprint density at radius 1 is 1.33 bits per heavy atom. The van der Waals surface area contributed by atoms with Gasteiger partial charge in [-0.3, -0.25) is 0 Å². The van der Waals surface area contributed by atoms with Gasteiger partial charge in [-0.2, -0.15) is 0 Å². The fourth-order valence-electron chi connectivity index (χ4n) is 1.22. The van der Waals surface area contributed by atoms with Gasteiger partial charge in [-0.25, -0.2) is 0 Å². The third-order valence-corrected chi connectivity index (χ3v) is 2.35. The van der Waals surface area contributed by atoms with E-state index >= 15 is 0 Å². The molecule has 0 amide bonds. The van der Waals surface area contributed by atoms with Gasteiger partial charge in [-0.05, 0) is 18.2 Å². The van der Waals surface area contributed by atoms with Gasteiger partial charge < -0.3 is 15.5 Å². The molecule has 0 spiro atoms. The number of nitrogens with one attached hydrogen (secondary N) is 1. The number of likely N-dealkylation sites (N-methyl/N-ethyl adjacent to an activating group) is 1. The second kappa shape index (κ2) is 4.73. The highest BCUT2D eigenvalue weighted by Crippen LogP contribution is 2.22. The standard InChI is InChI=1S/C11H19ClN3/c1-15(2,3)7-6-14-11-5-4-9(12)8-10(11)13/h4-5,8,14H,6-7,13H2,1-3H3/q+1. The average Bonchev–Trinajstić information content (AvgIpc) is 2.07. The van der Waals surface area contributed by atoms with Crippen molar-refractivity contribution in [1.29, 1.82) is 0 Å². The van der Waals surface area contributed by atoms with E-state index in [0.717, 1.165) is 23.3 Å². The summed E-state index contributed by atoms with van der Waals surface area (Å²) in [4.78, 5) is 0. The first-order valence-corrected chi connectivity index (χ1v) is 5.36. The molecule has 0 saturated carbocycles. The predicted octanol–water partition coefficient (Wildman–Crippen LogP) is 2.04. The average molecular weight is 229 g/mol.